The average Bonchev–Trinajstić information content (AvgIpc) is 3.12. The van der Waals surface area contributed by atoms with Gasteiger partial charge in [0.05, 0.1) is 18.1 Å². The van der Waals surface area contributed by atoms with Gasteiger partial charge >= 0.3 is 12.0 Å². The van der Waals surface area contributed by atoms with Gasteiger partial charge in [-0.3, -0.25) is 4.79 Å². The Bertz CT molecular complexity index is 441. The lowest BCUT2D eigenvalue weighted by molar-refractivity contribution is -0.144. The summed E-state index contributed by atoms with van der Waals surface area (Å²) in [7, 11) is 1.77. The van der Waals surface area contributed by atoms with E-state index in [2.05, 4.69) is 5.32 Å². The normalized spacial score (nSPS) is 41.2. The molecule has 0 aromatic rings. The van der Waals surface area contributed by atoms with Gasteiger partial charge in [-0.25, -0.2) is 4.79 Å². The molecule has 118 valence electrons. The molecule has 0 spiro atoms. The first-order valence-corrected chi connectivity index (χ1v) is 7.86. The summed E-state index contributed by atoms with van der Waals surface area (Å²) in [6.45, 7) is 2.65. The van der Waals surface area contributed by atoms with E-state index in [-0.39, 0.29) is 30.1 Å². The Hall–Kier alpha value is -1.30. The first-order valence-electron chi connectivity index (χ1n) is 7.86. The Morgan fingerprint density at radius 2 is 1.95 bits per heavy atom. The van der Waals surface area contributed by atoms with Crippen LogP contribution in [0.15, 0.2) is 0 Å². The third-order valence-corrected chi connectivity index (χ3v) is 5.65. The van der Waals surface area contributed by atoms with E-state index in [4.69, 9.17) is 4.74 Å². The SMILES string of the molecule is CC1OCCC1N(C)C(=O)NC1C2CCC(C2)C1C(=O)O. The smallest absolute Gasteiger partial charge is 0.317 e. The third kappa shape index (κ3) is 2.50. The average molecular weight is 296 g/mol. The molecule has 0 aromatic heterocycles. The molecule has 2 saturated carbocycles. The Balaban J connectivity index is 1.65. The molecule has 1 heterocycles. The van der Waals surface area contributed by atoms with Gasteiger partial charge in [-0.2, -0.15) is 0 Å². The molecule has 0 aromatic carbocycles. The first kappa shape index (κ1) is 14.6. The largest absolute Gasteiger partial charge is 0.481 e. The number of carboxylic acids is 1. The number of likely N-dealkylation sites (N-methyl/N-ethyl adjacent to an activating group) is 1. The molecule has 6 atom stereocenters. The number of rotatable bonds is 3. The summed E-state index contributed by atoms with van der Waals surface area (Å²) in [6.07, 6.45) is 3.83. The molecule has 2 aliphatic carbocycles. The Kier molecular flexibility index (Phi) is 3.82. The van der Waals surface area contributed by atoms with E-state index in [9.17, 15) is 14.7 Å². The first-order chi connectivity index (χ1) is 9.99. The highest BCUT2D eigenvalue weighted by molar-refractivity contribution is 5.77. The van der Waals surface area contributed by atoms with Gasteiger partial charge in [-0.05, 0) is 44.4 Å². The van der Waals surface area contributed by atoms with Crippen LogP contribution in [0.1, 0.15) is 32.6 Å². The van der Waals surface area contributed by atoms with Crippen LogP contribution in [0.25, 0.3) is 0 Å². The molecule has 2 amide bonds. The number of ether oxygens (including phenoxy) is 1. The number of fused-ring (bicyclic) bond motifs is 2. The zero-order valence-electron chi connectivity index (χ0n) is 12.6. The van der Waals surface area contributed by atoms with E-state index in [1.807, 2.05) is 6.92 Å². The molecular weight excluding hydrogens is 272 g/mol. The fourth-order valence-electron chi connectivity index (χ4n) is 4.48. The molecule has 2 bridgehead atoms. The summed E-state index contributed by atoms with van der Waals surface area (Å²) in [4.78, 5) is 25.6. The van der Waals surface area contributed by atoms with Gasteiger partial charge in [0.2, 0.25) is 0 Å². The van der Waals surface area contributed by atoms with Gasteiger partial charge in [0.1, 0.15) is 0 Å². The van der Waals surface area contributed by atoms with Crippen LogP contribution in [-0.2, 0) is 9.53 Å². The minimum Gasteiger partial charge on any atom is -0.481 e. The van der Waals surface area contributed by atoms with Crippen LogP contribution in [0.2, 0.25) is 0 Å². The van der Waals surface area contributed by atoms with E-state index in [0.717, 1.165) is 25.7 Å². The number of aliphatic carboxylic acids is 1. The number of amides is 2. The molecule has 2 N–H and O–H groups in total. The molecule has 6 nitrogen and oxygen atoms in total. The molecular formula is C15H24N2O4. The van der Waals surface area contributed by atoms with Crippen molar-refractivity contribution in [3.05, 3.63) is 0 Å². The maximum atomic E-state index is 12.4. The number of nitrogens with zero attached hydrogens (tertiary/aromatic N) is 1. The third-order valence-electron chi connectivity index (χ3n) is 5.65. The second-order valence-electron chi connectivity index (χ2n) is 6.72. The second-order valence-corrected chi connectivity index (χ2v) is 6.72. The van der Waals surface area contributed by atoms with Crippen molar-refractivity contribution >= 4 is 12.0 Å². The van der Waals surface area contributed by atoms with Gasteiger partial charge < -0.3 is 20.1 Å². The minimum atomic E-state index is -0.771. The van der Waals surface area contributed by atoms with Crippen molar-refractivity contribution in [3.8, 4) is 0 Å². The zero-order chi connectivity index (χ0) is 15.1. The van der Waals surface area contributed by atoms with Crippen LogP contribution in [0.3, 0.4) is 0 Å². The highest BCUT2D eigenvalue weighted by atomic mass is 16.5. The predicted molar refractivity (Wildman–Crippen MR) is 75.9 cm³/mol. The summed E-state index contributed by atoms with van der Waals surface area (Å²) >= 11 is 0. The monoisotopic (exact) mass is 296 g/mol. The Labute approximate surface area is 124 Å². The van der Waals surface area contributed by atoms with Crippen molar-refractivity contribution in [1.82, 2.24) is 10.2 Å². The maximum absolute atomic E-state index is 12.4. The van der Waals surface area contributed by atoms with Gasteiger partial charge in [0, 0.05) is 19.7 Å². The van der Waals surface area contributed by atoms with Crippen LogP contribution in [-0.4, -0.2) is 53.8 Å². The summed E-state index contributed by atoms with van der Waals surface area (Å²) in [5.74, 6) is -0.631. The molecule has 21 heavy (non-hydrogen) atoms. The van der Waals surface area contributed by atoms with Crippen molar-refractivity contribution in [2.75, 3.05) is 13.7 Å². The van der Waals surface area contributed by atoms with E-state index in [1.54, 1.807) is 11.9 Å². The van der Waals surface area contributed by atoms with Gasteiger partial charge in [0.15, 0.2) is 0 Å². The lowest BCUT2D eigenvalue weighted by atomic mass is 9.84. The molecule has 1 saturated heterocycles. The van der Waals surface area contributed by atoms with E-state index < -0.39 is 11.9 Å². The van der Waals surface area contributed by atoms with Crippen molar-refractivity contribution < 1.29 is 19.4 Å². The summed E-state index contributed by atoms with van der Waals surface area (Å²) in [6, 6.07) is -0.304. The highest BCUT2D eigenvalue weighted by Gasteiger charge is 2.52. The molecule has 3 fully saturated rings. The van der Waals surface area contributed by atoms with E-state index in [1.165, 1.54) is 0 Å². The van der Waals surface area contributed by atoms with Gasteiger partial charge in [0.25, 0.3) is 0 Å². The highest BCUT2D eigenvalue weighted by Crippen LogP contribution is 2.48. The standard InChI is InChI=1S/C15H24N2O4/c1-8-11(5-6-21-8)17(2)15(20)16-13-10-4-3-9(7-10)12(13)14(18)19/h8-13H,3-7H2,1-2H3,(H,16,20)(H,18,19). The van der Waals surface area contributed by atoms with Crippen LogP contribution >= 0.6 is 0 Å². The number of nitrogens with one attached hydrogen (secondary N) is 1. The van der Waals surface area contributed by atoms with Crippen molar-refractivity contribution in [1.29, 1.82) is 0 Å². The predicted octanol–water partition coefficient (Wildman–Crippen LogP) is 1.30. The summed E-state index contributed by atoms with van der Waals surface area (Å²) in [5.41, 5.74) is 0. The maximum Gasteiger partial charge on any atom is 0.317 e. The fourth-order valence-corrected chi connectivity index (χ4v) is 4.48. The van der Waals surface area contributed by atoms with Crippen LogP contribution in [0.5, 0.6) is 0 Å². The van der Waals surface area contributed by atoms with Gasteiger partial charge in [-0.1, -0.05) is 0 Å². The van der Waals surface area contributed by atoms with Crippen molar-refractivity contribution in [2.45, 2.75) is 50.8 Å². The van der Waals surface area contributed by atoms with Crippen LogP contribution in [0, 0.1) is 17.8 Å². The number of hydrogen-bond donors (Lipinski definition) is 2. The summed E-state index contributed by atoms with van der Waals surface area (Å²) < 4.78 is 5.50. The number of carbonyl (C=O) groups is 2. The number of carbonyl (C=O) groups excluding carboxylic acids is 1. The molecule has 3 rings (SSSR count). The number of urea groups is 1. The second kappa shape index (κ2) is 5.48. The topological polar surface area (TPSA) is 78.9 Å². The quantitative estimate of drug-likeness (QED) is 0.823. The molecule has 0 radical (unpaired) electrons. The van der Waals surface area contributed by atoms with Crippen molar-refractivity contribution in [2.24, 2.45) is 17.8 Å². The molecule has 6 heteroatoms. The van der Waals surface area contributed by atoms with Crippen LogP contribution < -0.4 is 5.32 Å². The lowest BCUT2D eigenvalue weighted by Gasteiger charge is -2.33. The van der Waals surface area contributed by atoms with Crippen molar-refractivity contribution in [3.63, 3.8) is 0 Å². The molecule has 6 unspecified atom stereocenters. The fraction of sp³-hybridized carbons (Fsp3) is 0.867. The van der Waals surface area contributed by atoms with E-state index >= 15 is 0 Å². The van der Waals surface area contributed by atoms with Gasteiger partial charge in [-0.15, -0.1) is 0 Å². The zero-order valence-corrected chi connectivity index (χ0v) is 12.6. The number of carboxylic acid groups (broad SMARTS) is 1. The lowest BCUT2D eigenvalue weighted by Crippen LogP contribution is -2.53. The summed E-state index contributed by atoms with van der Waals surface area (Å²) in [5, 5.41) is 12.4. The van der Waals surface area contributed by atoms with E-state index in [0.29, 0.717) is 12.5 Å². The minimum absolute atomic E-state index is 0.0380. The molecule has 1 aliphatic heterocycles. The Morgan fingerprint density at radius 1 is 1.24 bits per heavy atom. The molecule has 3 aliphatic rings. The van der Waals surface area contributed by atoms with Crippen LogP contribution in [0.4, 0.5) is 4.79 Å². The number of hydrogen-bond acceptors (Lipinski definition) is 3. The Morgan fingerprint density at radius 3 is 2.57 bits per heavy atom.